The number of imide groups is 1. The number of H-pyrrole nitrogens is 1. The van der Waals surface area contributed by atoms with Gasteiger partial charge in [-0.15, -0.1) is 0 Å². The Kier molecular flexibility index (Phi) is 5.75. The maximum atomic E-state index is 13.1. The fourth-order valence-electron chi connectivity index (χ4n) is 4.69. The third-order valence-corrected chi connectivity index (χ3v) is 6.22. The molecule has 0 saturated carbocycles. The highest BCUT2D eigenvalue weighted by molar-refractivity contribution is 6.08. The highest BCUT2D eigenvalue weighted by Crippen LogP contribution is 2.37. The number of aromatic amines is 1. The molecule has 158 valence electrons. The van der Waals surface area contributed by atoms with Crippen LogP contribution in [0.25, 0.3) is 10.9 Å². The second-order valence-electron chi connectivity index (χ2n) is 8.75. The Morgan fingerprint density at radius 1 is 1.13 bits per heavy atom. The summed E-state index contributed by atoms with van der Waals surface area (Å²) in [6, 6.07) is 7.32. The Hall–Kier alpha value is -2.89. The number of nitrogens with zero attached hydrogens (tertiary/aromatic N) is 1. The summed E-state index contributed by atoms with van der Waals surface area (Å²) in [5, 5.41) is 4.12. The Labute approximate surface area is 176 Å². The molecule has 2 aliphatic rings. The number of fused-ring (bicyclic) bond motifs is 2. The van der Waals surface area contributed by atoms with Crippen LogP contribution in [0.2, 0.25) is 0 Å². The Bertz CT molecular complexity index is 964. The van der Waals surface area contributed by atoms with Gasteiger partial charge in [-0.2, -0.15) is 0 Å². The highest BCUT2D eigenvalue weighted by atomic mass is 16.2. The second-order valence-corrected chi connectivity index (χ2v) is 8.75. The van der Waals surface area contributed by atoms with Crippen LogP contribution in [0.3, 0.4) is 0 Å². The lowest BCUT2D eigenvalue weighted by Crippen LogP contribution is -2.51. The smallest absolute Gasteiger partial charge is 0.243 e. The third kappa shape index (κ3) is 3.78. The van der Waals surface area contributed by atoms with Crippen molar-refractivity contribution in [2.75, 3.05) is 6.54 Å². The number of carbonyl (C=O) groups is 3. The summed E-state index contributed by atoms with van der Waals surface area (Å²) < 4.78 is 0. The van der Waals surface area contributed by atoms with Crippen molar-refractivity contribution in [1.82, 2.24) is 15.2 Å². The quantitative estimate of drug-likeness (QED) is 0.546. The molecule has 1 aliphatic carbocycles. The molecule has 2 N–H and O–H groups in total. The maximum Gasteiger partial charge on any atom is 0.243 e. The lowest BCUT2D eigenvalue weighted by molar-refractivity contribution is -0.148. The first-order chi connectivity index (χ1) is 14.5. The van der Waals surface area contributed by atoms with E-state index in [1.165, 1.54) is 4.90 Å². The fourth-order valence-corrected chi connectivity index (χ4v) is 4.69. The molecule has 3 amide bonds. The predicted octanol–water partition coefficient (Wildman–Crippen LogP) is 3.19. The van der Waals surface area contributed by atoms with Crippen LogP contribution in [-0.4, -0.2) is 40.2 Å². The van der Waals surface area contributed by atoms with E-state index in [4.69, 9.17) is 0 Å². The van der Waals surface area contributed by atoms with Crippen molar-refractivity contribution in [3.8, 4) is 0 Å². The number of carbonyl (C=O) groups excluding carboxylic acids is 3. The molecule has 6 nitrogen and oxygen atoms in total. The molecule has 0 bridgehead atoms. The van der Waals surface area contributed by atoms with Crippen LogP contribution in [0.15, 0.2) is 42.6 Å². The van der Waals surface area contributed by atoms with Gasteiger partial charge in [0.15, 0.2) is 0 Å². The maximum absolute atomic E-state index is 13.1. The van der Waals surface area contributed by atoms with Crippen LogP contribution in [0.4, 0.5) is 0 Å². The summed E-state index contributed by atoms with van der Waals surface area (Å²) in [6.45, 7) is 4.47. The van der Waals surface area contributed by atoms with Crippen molar-refractivity contribution in [3.05, 3.63) is 48.2 Å². The van der Waals surface area contributed by atoms with Crippen molar-refractivity contribution in [2.24, 2.45) is 17.8 Å². The van der Waals surface area contributed by atoms with Crippen LogP contribution in [-0.2, 0) is 20.8 Å². The van der Waals surface area contributed by atoms with Crippen molar-refractivity contribution >= 4 is 28.6 Å². The molecular weight excluding hydrogens is 378 g/mol. The van der Waals surface area contributed by atoms with E-state index in [1.807, 2.05) is 50.4 Å². The number of para-hydroxylation sites is 1. The minimum Gasteiger partial charge on any atom is -0.361 e. The first kappa shape index (κ1) is 20.4. The molecule has 4 rings (SSSR count). The van der Waals surface area contributed by atoms with Crippen LogP contribution in [0.1, 0.15) is 38.7 Å². The molecule has 1 aromatic carbocycles. The number of amides is 3. The molecule has 1 saturated heterocycles. The zero-order valence-electron chi connectivity index (χ0n) is 17.6. The number of rotatable bonds is 7. The summed E-state index contributed by atoms with van der Waals surface area (Å²) in [5.41, 5.74) is 2.21. The number of allylic oxidation sites excluding steroid dienone is 2. The summed E-state index contributed by atoms with van der Waals surface area (Å²) in [5.74, 6) is -1.04. The van der Waals surface area contributed by atoms with Crippen molar-refractivity contribution in [1.29, 1.82) is 0 Å². The van der Waals surface area contributed by atoms with Gasteiger partial charge in [0.1, 0.15) is 6.04 Å². The topological polar surface area (TPSA) is 82.3 Å². The summed E-state index contributed by atoms with van der Waals surface area (Å²) in [4.78, 5) is 43.5. The normalized spacial score (nSPS) is 22.0. The van der Waals surface area contributed by atoms with Gasteiger partial charge in [0.2, 0.25) is 17.7 Å². The standard InChI is InChI=1S/C24H29N3O3/c1-15(2)13-21(27-23(29)18-8-3-4-9-19(18)24(27)30)22(28)25-12-11-16-14-26-20-10-6-5-7-17(16)20/h3-7,10,14-15,18-19,21,26H,8-9,11-13H2,1-2H3,(H,25,28). The van der Waals surface area contributed by atoms with Gasteiger partial charge in [-0.05, 0) is 43.2 Å². The molecule has 0 spiro atoms. The van der Waals surface area contributed by atoms with E-state index in [0.717, 1.165) is 16.5 Å². The highest BCUT2D eigenvalue weighted by Gasteiger charge is 2.51. The lowest BCUT2D eigenvalue weighted by atomic mass is 9.85. The zero-order valence-corrected chi connectivity index (χ0v) is 17.6. The molecule has 3 atom stereocenters. The molecule has 0 radical (unpaired) electrons. The number of nitrogens with one attached hydrogen (secondary N) is 2. The molecular formula is C24H29N3O3. The molecule has 2 aromatic rings. The summed E-state index contributed by atoms with van der Waals surface area (Å²) >= 11 is 0. The SMILES string of the molecule is CC(C)CC(C(=O)NCCc1c[nH]c2ccccc12)N1C(=O)C2CC=CCC2C1=O. The largest absolute Gasteiger partial charge is 0.361 e. The second kappa shape index (κ2) is 8.46. The van der Waals surface area contributed by atoms with Crippen molar-refractivity contribution in [2.45, 2.75) is 45.6 Å². The third-order valence-electron chi connectivity index (χ3n) is 6.22. The summed E-state index contributed by atoms with van der Waals surface area (Å²) in [7, 11) is 0. The number of benzene rings is 1. The van der Waals surface area contributed by atoms with Crippen molar-refractivity contribution < 1.29 is 14.4 Å². The van der Waals surface area contributed by atoms with Gasteiger partial charge in [0.05, 0.1) is 11.8 Å². The van der Waals surface area contributed by atoms with Gasteiger partial charge < -0.3 is 10.3 Å². The molecule has 3 unspecified atom stereocenters. The Balaban J connectivity index is 1.45. The van der Waals surface area contributed by atoms with Crippen LogP contribution >= 0.6 is 0 Å². The van der Waals surface area contributed by atoms with Gasteiger partial charge in [-0.3, -0.25) is 19.3 Å². The van der Waals surface area contributed by atoms with Gasteiger partial charge in [-0.1, -0.05) is 44.2 Å². The Morgan fingerprint density at radius 2 is 1.80 bits per heavy atom. The van der Waals surface area contributed by atoms with E-state index in [0.29, 0.717) is 32.2 Å². The molecule has 30 heavy (non-hydrogen) atoms. The minimum absolute atomic E-state index is 0.188. The van der Waals surface area contributed by atoms with E-state index >= 15 is 0 Å². The van der Waals surface area contributed by atoms with Gasteiger partial charge in [-0.25, -0.2) is 0 Å². The monoisotopic (exact) mass is 407 g/mol. The van der Waals surface area contributed by atoms with Crippen molar-refractivity contribution in [3.63, 3.8) is 0 Å². The minimum atomic E-state index is -0.737. The molecule has 2 heterocycles. The zero-order chi connectivity index (χ0) is 21.3. The van der Waals surface area contributed by atoms with Crippen LogP contribution in [0.5, 0.6) is 0 Å². The number of likely N-dealkylation sites (tertiary alicyclic amines) is 1. The lowest BCUT2D eigenvalue weighted by Gasteiger charge is -2.27. The number of aromatic nitrogens is 1. The predicted molar refractivity (Wildman–Crippen MR) is 115 cm³/mol. The molecule has 1 aromatic heterocycles. The summed E-state index contributed by atoms with van der Waals surface area (Å²) in [6.07, 6.45) is 8.23. The molecule has 1 aliphatic heterocycles. The average molecular weight is 408 g/mol. The van der Waals surface area contributed by atoms with Gasteiger partial charge in [0, 0.05) is 23.6 Å². The first-order valence-corrected chi connectivity index (χ1v) is 10.8. The van der Waals surface area contributed by atoms with Gasteiger partial charge >= 0.3 is 0 Å². The van der Waals surface area contributed by atoms with E-state index in [1.54, 1.807) is 0 Å². The molecule has 6 heteroatoms. The van der Waals surface area contributed by atoms with Crippen LogP contribution in [0, 0.1) is 17.8 Å². The average Bonchev–Trinajstić information content (AvgIpc) is 3.26. The van der Waals surface area contributed by atoms with E-state index < -0.39 is 6.04 Å². The first-order valence-electron chi connectivity index (χ1n) is 10.8. The van der Waals surface area contributed by atoms with E-state index in [2.05, 4.69) is 16.4 Å². The number of hydrogen-bond donors (Lipinski definition) is 2. The van der Waals surface area contributed by atoms with E-state index in [9.17, 15) is 14.4 Å². The van der Waals surface area contributed by atoms with Crippen LogP contribution < -0.4 is 5.32 Å². The van der Waals surface area contributed by atoms with Gasteiger partial charge in [0.25, 0.3) is 0 Å². The fraction of sp³-hybridized carbons (Fsp3) is 0.458. The van der Waals surface area contributed by atoms with E-state index in [-0.39, 0.29) is 35.5 Å². The number of hydrogen-bond acceptors (Lipinski definition) is 3. The Morgan fingerprint density at radius 3 is 2.47 bits per heavy atom. The molecule has 1 fully saturated rings.